The standard InChI is InChI=1S/C15H22N2O3/c1-3-17-7-6-11(10-17)9-16-15(19)13-5-4-12(20-2)8-14(13)18/h4-5,8,11,18H,3,6-7,9-10H2,1-2H3,(H,16,19). The van der Waals surface area contributed by atoms with E-state index in [9.17, 15) is 9.90 Å². The topological polar surface area (TPSA) is 61.8 Å². The molecule has 0 bridgehead atoms. The van der Waals surface area contributed by atoms with Crippen LogP contribution < -0.4 is 10.1 Å². The van der Waals surface area contributed by atoms with Crippen molar-refractivity contribution >= 4 is 5.91 Å². The molecule has 2 N–H and O–H groups in total. The summed E-state index contributed by atoms with van der Waals surface area (Å²) in [5.74, 6) is 0.747. The lowest BCUT2D eigenvalue weighted by molar-refractivity contribution is 0.0944. The molecule has 1 atom stereocenters. The van der Waals surface area contributed by atoms with Crippen LogP contribution in [0.3, 0.4) is 0 Å². The Morgan fingerprint density at radius 3 is 2.95 bits per heavy atom. The highest BCUT2D eigenvalue weighted by Gasteiger charge is 2.22. The van der Waals surface area contributed by atoms with Crippen LogP contribution in [0.15, 0.2) is 18.2 Å². The van der Waals surface area contributed by atoms with Crippen LogP contribution in [0.25, 0.3) is 0 Å². The molecule has 0 aliphatic carbocycles. The molecule has 1 aliphatic heterocycles. The summed E-state index contributed by atoms with van der Waals surface area (Å²) < 4.78 is 5.00. The number of rotatable bonds is 5. The number of phenolic OH excluding ortho intramolecular Hbond substituents is 1. The van der Waals surface area contributed by atoms with E-state index in [1.807, 2.05) is 0 Å². The van der Waals surface area contributed by atoms with E-state index in [-0.39, 0.29) is 17.2 Å². The molecule has 110 valence electrons. The fraction of sp³-hybridized carbons (Fsp3) is 0.533. The lowest BCUT2D eigenvalue weighted by Crippen LogP contribution is -2.31. The minimum absolute atomic E-state index is 0.0524. The van der Waals surface area contributed by atoms with Crippen molar-refractivity contribution in [1.82, 2.24) is 10.2 Å². The maximum absolute atomic E-state index is 12.0. The normalized spacial score (nSPS) is 19.0. The molecule has 20 heavy (non-hydrogen) atoms. The van der Waals surface area contributed by atoms with Gasteiger partial charge in [0.25, 0.3) is 5.91 Å². The van der Waals surface area contributed by atoms with Crippen LogP contribution in [0, 0.1) is 5.92 Å². The highest BCUT2D eigenvalue weighted by Crippen LogP contribution is 2.23. The Bertz CT molecular complexity index is 476. The SMILES string of the molecule is CCN1CCC(CNC(=O)c2ccc(OC)cc2O)C1. The Balaban J connectivity index is 1.89. The number of nitrogens with zero attached hydrogens (tertiary/aromatic N) is 1. The Hall–Kier alpha value is -1.75. The Labute approximate surface area is 119 Å². The van der Waals surface area contributed by atoms with Crippen LogP contribution in [-0.2, 0) is 0 Å². The van der Waals surface area contributed by atoms with Gasteiger partial charge >= 0.3 is 0 Å². The summed E-state index contributed by atoms with van der Waals surface area (Å²) in [5, 5.41) is 12.7. The molecule has 1 amide bonds. The predicted molar refractivity (Wildman–Crippen MR) is 77.2 cm³/mol. The van der Waals surface area contributed by atoms with Crippen molar-refractivity contribution in [2.24, 2.45) is 5.92 Å². The number of phenols is 1. The second kappa shape index (κ2) is 6.61. The summed E-state index contributed by atoms with van der Waals surface area (Å²) in [5.41, 5.74) is 0.288. The van der Waals surface area contributed by atoms with Gasteiger partial charge in [-0.3, -0.25) is 4.79 Å². The molecule has 1 saturated heterocycles. The zero-order chi connectivity index (χ0) is 14.5. The van der Waals surface area contributed by atoms with Crippen molar-refractivity contribution in [2.45, 2.75) is 13.3 Å². The van der Waals surface area contributed by atoms with E-state index < -0.39 is 0 Å². The summed E-state index contributed by atoms with van der Waals surface area (Å²) in [6, 6.07) is 4.70. The van der Waals surface area contributed by atoms with Gasteiger partial charge in [-0.2, -0.15) is 0 Å². The number of ether oxygens (including phenoxy) is 1. The lowest BCUT2D eigenvalue weighted by Gasteiger charge is -2.14. The van der Waals surface area contributed by atoms with Gasteiger partial charge in [0.15, 0.2) is 0 Å². The number of amides is 1. The molecular weight excluding hydrogens is 256 g/mol. The summed E-state index contributed by atoms with van der Waals surface area (Å²) in [6.45, 7) is 6.00. The number of likely N-dealkylation sites (tertiary alicyclic amines) is 1. The third kappa shape index (κ3) is 3.42. The molecule has 1 aromatic carbocycles. The minimum Gasteiger partial charge on any atom is -0.507 e. The van der Waals surface area contributed by atoms with Crippen molar-refractivity contribution in [1.29, 1.82) is 0 Å². The molecule has 0 spiro atoms. The first-order chi connectivity index (χ1) is 9.63. The van der Waals surface area contributed by atoms with Crippen LogP contribution in [0.5, 0.6) is 11.5 Å². The number of hydrogen-bond acceptors (Lipinski definition) is 4. The van der Waals surface area contributed by atoms with Gasteiger partial charge in [0.1, 0.15) is 11.5 Å². The summed E-state index contributed by atoms with van der Waals surface area (Å²) in [7, 11) is 1.52. The third-order valence-electron chi connectivity index (χ3n) is 3.82. The first-order valence-electron chi connectivity index (χ1n) is 7.01. The molecule has 0 aromatic heterocycles. The van der Waals surface area contributed by atoms with Gasteiger partial charge in [0, 0.05) is 19.2 Å². The van der Waals surface area contributed by atoms with Crippen molar-refractivity contribution < 1.29 is 14.6 Å². The van der Waals surface area contributed by atoms with Crippen molar-refractivity contribution in [2.75, 3.05) is 33.3 Å². The molecule has 1 fully saturated rings. The number of aromatic hydroxyl groups is 1. The number of methoxy groups -OCH3 is 1. The molecule has 2 rings (SSSR count). The highest BCUT2D eigenvalue weighted by atomic mass is 16.5. The van der Waals surface area contributed by atoms with Crippen molar-refractivity contribution in [3.8, 4) is 11.5 Å². The van der Waals surface area contributed by atoms with Gasteiger partial charge < -0.3 is 20.1 Å². The van der Waals surface area contributed by atoms with Crippen LogP contribution >= 0.6 is 0 Å². The number of carbonyl (C=O) groups is 1. The average Bonchev–Trinajstić information content (AvgIpc) is 2.92. The molecule has 1 unspecified atom stereocenters. The smallest absolute Gasteiger partial charge is 0.255 e. The lowest BCUT2D eigenvalue weighted by atomic mass is 10.1. The van der Waals surface area contributed by atoms with Gasteiger partial charge in [-0.1, -0.05) is 6.92 Å². The molecule has 5 heteroatoms. The van der Waals surface area contributed by atoms with E-state index in [1.54, 1.807) is 12.1 Å². The summed E-state index contributed by atoms with van der Waals surface area (Å²) in [6.07, 6.45) is 1.11. The number of nitrogens with one attached hydrogen (secondary N) is 1. The third-order valence-corrected chi connectivity index (χ3v) is 3.82. The summed E-state index contributed by atoms with van der Waals surface area (Å²) in [4.78, 5) is 14.4. The monoisotopic (exact) mass is 278 g/mol. The van der Waals surface area contributed by atoms with E-state index in [4.69, 9.17) is 4.74 Å². The molecule has 0 saturated carbocycles. The number of carbonyl (C=O) groups excluding carboxylic acids is 1. The predicted octanol–water partition coefficient (Wildman–Crippen LogP) is 1.47. The van der Waals surface area contributed by atoms with Gasteiger partial charge in [-0.15, -0.1) is 0 Å². The van der Waals surface area contributed by atoms with Gasteiger partial charge in [0.05, 0.1) is 12.7 Å². The molecular formula is C15H22N2O3. The fourth-order valence-electron chi connectivity index (χ4n) is 2.53. The van der Waals surface area contributed by atoms with E-state index in [0.717, 1.165) is 26.1 Å². The van der Waals surface area contributed by atoms with E-state index >= 15 is 0 Å². The average molecular weight is 278 g/mol. The van der Waals surface area contributed by atoms with Crippen LogP contribution in [0.4, 0.5) is 0 Å². The molecule has 1 aromatic rings. The quantitative estimate of drug-likeness (QED) is 0.856. The highest BCUT2D eigenvalue weighted by molar-refractivity contribution is 5.97. The van der Waals surface area contributed by atoms with Gasteiger partial charge in [-0.25, -0.2) is 0 Å². The zero-order valence-electron chi connectivity index (χ0n) is 12.1. The van der Waals surface area contributed by atoms with E-state index in [1.165, 1.54) is 13.2 Å². The molecule has 0 radical (unpaired) electrons. The number of benzene rings is 1. The second-order valence-corrected chi connectivity index (χ2v) is 5.14. The van der Waals surface area contributed by atoms with E-state index in [0.29, 0.717) is 18.2 Å². The van der Waals surface area contributed by atoms with Crippen LogP contribution in [0.1, 0.15) is 23.7 Å². The largest absolute Gasteiger partial charge is 0.507 e. The first-order valence-corrected chi connectivity index (χ1v) is 7.01. The maximum atomic E-state index is 12.0. The van der Waals surface area contributed by atoms with Gasteiger partial charge in [-0.05, 0) is 37.6 Å². The fourth-order valence-corrected chi connectivity index (χ4v) is 2.53. The number of hydrogen-bond donors (Lipinski definition) is 2. The summed E-state index contributed by atoms with van der Waals surface area (Å²) >= 11 is 0. The second-order valence-electron chi connectivity index (χ2n) is 5.14. The molecule has 1 heterocycles. The van der Waals surface area contributed by atoms with Crippen molar-refractivity contribution in [3.05, 3.63) is 23.8 Å². The Morgan fingerprint density at radius 1 is 1.55 bits per heavy atom. The van der Waals surface area contributed by atoms with Gasteiger partial charge in [0.2, 0.25) is 0 Å². The molecule has 5 nitrogen and oxygen atoms in total. The Morgan fingerprint density at radius 2 is 2.35 bits per heavy atom. The maximum Gasteiger partial charge on any atom is 0.255 e. The van der Waals surface area contributed by atoms with E-state index in [2.05, 4.69) is 17.1 Å². The first kappa shape index (κ1) is 14.7. The van der Waals surface area contributed by atoms with Crippen LogP contribution in [-0.4, -0.2) is 49.2 Å². The minimum atomic E-state index is -0.236. The zero-order valence-corrected chi connectivity index (χ0v) is 12.1. The van der Waals surface area contributed by atoms with Crippen LogP contribution in [0.2, 0.25) is 0 Å². The molecule has 1 aliphatic rings. The van der Waals surface area contributed by atoms with Crippen molar-refractivity contribution in [3.63, 3.8) is 0 Å². The Kier molecular flexibility index (Phi) is 4.84.